The average Bonchev–Trinajstić information content (AvgIpc) is 2.76. The van der Waals surface area contributed by atoms with E-state index in [-0.39, 0.29) is 5.78 Å². The van der Waals surface area contributed by atoms with E-state index in [1.54, 1.807) is 20.3 Å². The minimum atomic E-state index is -0.0322. The molecule has 1 aliphatic heterocycles. The van der Waals surface area contributed by atoms with Gasteiger partial charge >= 0.3 is 0 Å². The molecular weight excluding hydrogens is 370 g/mol. The molecule has 154 valence electrons. The van der Waals surface area contributed by atoms with Crippen LogP contribution in [0.1, 0.15) is 29.3 Å². The molecule has 2 aromatic carbocycles. The van der Waals surface area contributed by atoms with E-state index >= 15 is 0 Å². The standard InChI is InChI=1S/C23H27NO5/c1-6-15(21(25)16-7-9-19(26-4)18(14-16)24(2)3)13-17-8-10-20-23(22(17)27-5)29-12-11-28-20/h7-10,13-14H,6,11-12H2,1-5H3. The van der Waals surface area contributed by atoms with Crippen molar-refractivity contribution >= 4 is 17.5 Å². The highest BCUT2D eigenvalue weighted by Crippen LogP contribution is 2.42. The van der Waals surface area contributed by atoms with Crippen molar-refractivity contribution in [2.24, 2.45) is 0 Å². The Hall–Kier alpha value is -3.15. The first-order valence-corrected chi connectivity index (χ1v) is 9.57. The number of anilines is 1. The number of allylic oxidation sites excluding steroid dienone is 1. The van der Waals surface area contributed by atoms with E-state index in [0.717, 1.165) is 17.0 Å². The van der Waals surface area contributed by atoms with E-state index in [1.807, 2.05) is 56.3 Å². The van der Waals surface area contributed by atoms with Crippen LogP contribution in [-0.4, -0.2) is 47.3 Å². The Balaban J connectivity index is 2.01. The van der Waals surface area contributed by atoms with Gasteiger partial charge in [-0.15, -0.1) is 0 Å². The van der Waals surface area contributed by atoms with Gasteiger partial charge < -0.3 is 23.8 Å². The predicted molar refractivity (Wildman–Crippen MR) is 114 cm³/mol. The maximum absolute atomic E-state index is 13.2. The lowest BCUT2D eigenvalue weighted by atomic mass is 9.97. The fraction of sp³-hybridized carbons (Fsp3) is 0.348. The van der Waals surface area contributed by atoms with Gasteiger partial charge in [-0.2, -0.15) is 0 Å². The maximum Gasteiger partial charge on any atom is 0.204 e. The fourth-order valence-corrected chi connectivity index (χ4v) is 3.31. The number of rotatable bonds is 7. The molecule has 0 amide bonds. The molecule has 0 saturated carbocycles. The molecule has 29 heavy (non-hydrogen) atoms. The first-order valence-electron chi connectivity index (χ1n) is 9.57. The zero-order chi connectivity index (χ0) is 21.0. The summed E-state index contributed by atoms with van der Waals surface area (Å²) in [4.78, 5) is 15.1. The zero-order valence-electron chi connectivity index (χ0n) is 17.6. The largest absolute Gasteiger partial charge is 0.495 e. The molecule has 0 bridgehead atoms. The molecule has 6 heteroatoms. The number of carbonyl (C=O) groups is 1. The summed E-state index contributed by atoms with van der Waals surface area (Å²) in [6.07, 6.45) is 2.44. The number of methoxy groups -OCH3 is 2. The van der Waals surface area contributed by atoms with Crippen LogP contribution in [0.25, 0.3) is 6.08 Å². The van der Waals surface area contributed by atoms with Crippen molar-refractivity contribution in [1.82, 2.24) is 0 Å². The number of fused-ring (bicyclic) bond motifs is 1. The van der Waals surface area contributed by atoms with E-state index in [2.05, 4.69) is 0 Å². The lowest BCUT2D eigenvalue weighted by Crippen LogP contribution is -2.16. The fourth-order valence-electron chi connectivity index (χ4n) is 3.31. The topological polar surface area (TPSA) is 57.2 Å². The van der Waals surface area contributed by atoms with Gasteiger partial charge in [-0.05, 0) is 42.8 Å². The van der Waals surface area contributed by atoms with Crippen LogP contribution in [0.2, 0.25) is 0 Å². The number of hydrogen-bond donors (Lipinski definition) is 0. The van der Waals surface area contributed by atoms with Crippen LogP contribution in [0, 0.1) is 0 Å². The lowest BCUT2D eigenvalue weighted by molar-refractivity contribution is 0.103. The molecule has 2 aromatic rings. The second-order valence-corrected chi connectivity index (χ2v) is 6.85. The van der Waals surface area contributed by atoms with Crippen molar-refractivity contribution in [2.75, 3.05) is 46.4 Å². The van der Waals surface area contributed by atoms with Gasteiger partial charge in [0.2, 0.25) is 5.75 Å². The smallest absolute Gasteiger partial charge is 0.204 e. The van der Waals surface area contributed by atoms with E-state index in [0.29, 0.717) is 48.0 Å². The van der Waals surface area contributed by atoms with Crippen molar-refractivity contribution < 1.29 is 23.7 Å². The predicted octanol–water partition coefficient (Wildman–Crippen LogP) is 4.22. The van der Waals surface area contributed by atoms with Crippen LogP contribution in [-0.2, 0) is 0 Å². The summed E-state index contributed by atoms with van der Waals surface area (Å²) in [6.45, 7) is 2.94. The van der Waals surface area contributed by atoms with Crippen molar-refractivity contribution in [3.05, 3.63) is 47.0 Å². The summed E-state index contributed by atoms with van der Waals surface area (Å²) >= 11 is 0. The van der Waals surface area contributed by atoms with Crippen LogP contribution in [0.4, 0.5) is 5.69 Å². The second kappa shape index (κ2) is 8.90. The molecule has 0 fully saturated rings. The number of nitrogens with zero attached hydrogens (tertiary/aromatic N) is 1. The van der Waals surface area contributed by atoms with E-state index in [9.17, 15) is 4.79 Å². The normalized spacial score (nSPS) is 13.1. The molecule has 0 saturated heterocycles. The van der Waals surface area contributed by atoms with E-state index < -0.39 is 0 Å². The third-order valence-corrected chi connectivity index (χ3v) is 4.82. The quantitative estimate of drug-likeness (QED) is 0.515. The molecule has 6 nitrogen and oxygen atoms in total. The molecule has 1 aliphatic rings. The van der Waals surface area contributed by atoms with Crippen molar-refractivity contribution in [1.29, 1.82) is 0 Å². The molecule has 0 aliphatic carbocycles. The van der Waals surface area contributed by atoms with Crippen LogP contribution in [0.5, 0.6) is 23.0 Å². The third-order valence-electron chi connectivity index (χ3n) is 4.82. The molecule has 0 atom stereocenters. The van der Waals surface area contributed by atoms with Gasteiger partial charge in [-0.3, -0.25) is 4.79 Å². The Morgan fingerprint density at radius 3 is 2.52 bits per heavy atom. The molecule has 0 spiro atoms. The summed E-state index contributed by atoms with van der Waals surface area (Å²) < 4.78 is 22.3. The second-order valence-electron chi connectivity index (χ2n) is 6.85. The van der Waals surface area contributed by atoms with Gasteiger partial charge in [-0.1, -0.05) is 6.92 Å². The Labute approximate surface area is 171 Å². The van der Waals surface area contributed by atoms with E-state index in [4.69, 9.17) is 18.9 Å². The van der Waals surface area contributed by atoms with Crippen LogP contribution >= 0.6 is 0 Å². The third kappa shape index (κ3) is 4.16. The van der Waals surface area contributed by atoms with Gasteiger partial charge in [-0.25, -0.2) is 0 Å². The van der Waals surface area contributed by atoms with Crippen LogP contribution in [0.15, 0.2) is 35.9 Å². The Kier molecular flexibility index (Phi) is 6.32. The number of ketones is 1. The highest BCUT2D eigenvalue weighted by atomic mass is 16.6. The van der Waals surface area contributed by atoms with E-state index in [1.165, 1.54) is 0 Å². The number of carbonyl (C=O) groups excluding carboxylic acids is 1. The van der Waals surface area contributed by atoms with Gasteiger partial charge in [0.05, 0.1) is 19.9 Å². The average molecular weight is 397 g/mol. The van der Waals surface area contributed by atoms with Gasteiger partial charge in [0.1, 0.15) is 19.0 Å². The number of Topliss-reactive ketones (excluding diaryl/α,β-unsaturated/α-hetero) is 1. The monoisotopic (exact) mass is 397 g/mol. The highest BCUT2D eigenvalue weighted by molar-refractivity contribution is 6.12. The first-order chi connectivity index (χ1) is 14.0. The zero-order valence-corrected chi connectivity index (χ0v) is 17.6. The molecular formula is C23H27NO5. The molecule has 0 N–H and O–H groups in total. The summed E-state index contributed by atoms with van der Waals surface area (Å²) in [6, 6.07) is 9.19. The Morgan fingerprint density at radius 1 is 1.10 bits per heavy atom. The van der Waals surface area contributed by atoms with Crippen molar-refractivity contribution in [3.63, 3.8) is 0 Å². The van der Waals surface area contributed by atoms with Crippen LogP contribution < -0.4 is 23.8 Å². The van der Waals surface area contributed by atoms with Gasteiger partial charge in [0, 0.05) is 30.8 Å². The molecule has 0 radical (unpaired) electrons. The molecule has 0 unspecified atom stereocenters. The summed E-state index contributed by atoms with van der Waals surface area (Å²) in [5.41, 5.74) is 2.92. The van der Waals surface area contributed by atoms with Crippen molar-refractivity contribution in [3.8, 4) is 23.0 Å². The highest BCUT2D eigenvalue weighted by Gasteiger charge is 2.21. The van der Waals surface area contributed by atoms with Crippen LogP contribution in [0.3, 0.4) is 0 Å². The summed E-state index contributed by atoms with van der Waals surface area (Å²) in [5.74, 6) is 2.50. The Bertz CT molecular complexity index is 933. The number of ether oxygens (including phenoxy) is 4. The Morgan fingerprint density at radius 2 is 1.86 bits per heavy atom. The minimum Gasteiger partial charge on any atom is -0.495 e. The van der Waals surface area contributed by atoms with Gasteiger partial charge in [0.25, 0.3) is 0 Å². The number of benzene rings is 2. The molecule has 1 heterocycles. The maximum atomic E-state index is 13.2. The summed E-state index contributed by atoms with van der Waals surface area (Å²) in [7, 11) is 7.05. The molecule has 3 rings (SSSR count). The SMILES string of the molecule is CCC(=Cc1ccc2c(c1OC)OCCO2)C(=O)c1ccc(OC)c(N(C)C)c1. The number of hydrogen-bond acceptors (Lipinski definition) is 6. The van der Waals surface area contributed by atoms with Gasteiger partial charge in [0.15, 0.2) is 17.3 Å². The first kappa shape index (κ1) is 20.6. The summed E-state index contributed by atoms with van der Waals surface area (Å²) in [5, 5.41) is 0. The lowest BCUT2D eigenvalue weighted by Gasteiger charge is -2.21. The molecule has 0 aromatic heterocycles. The minimum absolute atomic E-state index is 0.0322. The van der Waals surface area contributed by atoms with Crippen molar-refractivity contribution in [2.45, 2.75) is 13.3 Å².